The fourth-order valence-electron chi connectivity index (χ4n) is 1.24. The predicted molar refractivity (Wildman–Crippen MR) is 55.4 cm³/mol. The van der Waals surface area contributed by atoms with E-state index in [-0.39, 0.29) is 5.56 Å². The fraction of sp³-hybridized carbons (Fsp3) is 0.222. The van der Waals surface area contributed by atoms with Crippen LogP contribution in [0.1, 0.15) is 10.7 Å². The third kappa shape index (κ3) is 1.58. The van der Waals surface area contributed by atoms with E-state index in [4.69, 9.17) is 0 Å². The molecule has 2 aromatic heterocycles. The van der Waals surface area contributed by atoms with Crippen LogP contribution in [0, 0.1) is 13.8 Å². The van der Waals surface area contributed by atoms with Crippen LogP contribution in [0.3, 0.4) is 0 Å². The van der Waals surface area contributed by atoms with Crippen molar-refractivity contribution in [3.8, 4) is 10.6 Å². The number of rotatable bonds is 1. The van der Waals surface area contributed by atoms with Crippen molar-refractivity contribution in [3.05, 3.63) is 33.2 Å². The van der Waals surface area contributed by atoms with Crippen molar-refractivity contribution in [1.29, 1.82) is 0 Å². The largest absolute Gasteiger partial charge is 0.268 e. The SMILES string of the molecule is Cc1nc(C)c(-c2ccc(=O)[nH]n2)s1. The summed E-state index contributed by atoms with van der Waals surface area (Å²) in [7, 11) is 0. The summed E-state index contributed by atoms with van der Waals surface area (Å²) in [6.45, 7) is 3.89. The molecule has 0 aliphatic heterocycles. The van der Waals surface area contributed by atoms with E-state index in [1.54, 1.807) is 17.4 Å². The van der Waals surface area contributed by atoms with E-state index in [0.717, 1.165) is 21.3 Å². The van der Waals surface area contributed by atoms with Crippen molar-refractivity contribution >= 4 is 11.3 Å². The quantitative estimate of drug-likeness (QED) is 0.771. The minimum atomic E-state index is -0.187. The number of nitrogens with zero attached hydrogens (tertiary/aromatic N) is 2. The molecule has 0 aliphatic carbocycles. The van der Waals surface area contributed by atoms with Gasteiger partial charge in [-0.05, 0) is 19.9 Å². The number of aryl methyl sites for hydroxylation is 2. The Balaban J connectivity index is 2.54. The van der Waals surface area contributed by atoms with Gasteiger partial charge in [0.05, 0.1) is 15.6 Å². The number of H-pyrrole nitrogens is 1. The second kappa shape index (κ2) is 3.34. The van der Waals surface area contributed by atoms with Crippen LogP contribution < -0.4 is 5.56 Å². The molecule has 0 saturated carbocycles. The van der Waals surface area contributed by atoms with Crippen LogP contribution in [0.4, 0.5) is 0 Å². The van der Waals surface area contributed by atoms with Gasteiger partial charge < -0.3 is 0 Å². The topological polar surface area (TPSA) is 58.6 Å². The highest BCUT2D eigenvalue weighted by molar-refractivity contribution is 7.15. The molecule has 2 aromatic rings. The van der Waals surface area contributed by atoms with Crippen molar-refractivity contribution < 1.29 is 0 Å². The first-order valence-electron chi connectivity index (χ1n) is 4.17. The number of hydrogen-bond acceptors (Lipinski definition) is 4. The molecule has 5 heteroatoms. The summed E-state index contributed by atoms with van der Waals surface area (Å²) in [6, 6.07) is 3.18. The Bertz CT molecular complexity index is 495. The Hall–Kier alpha value is -1.49. The smallest absolute Gasteiger partial charge is 0.264 e. The Labute approximate surface area is 84.6 Å². The summed E-state index contributed by atoms with van der Waals surface area (Å²) in [5.74, 6) is 0. The molecule has 0 amide bonds. The van der Waals surface area contributed by atoms with Gasteiger partial charge in [0.1, 0.15) is 5.69 Å². The minimum Gasteiger partial charge on any atom is -0.268 e. The molecule has 2 rings (SSSR count). The van der Waals surface area contributed by atoms with Gasteiger partial charge in [0.15, 0.2) is 0 Å². The Kier molecular flexibility index (Phi) is 2.17. The monoisotopic (exact) mass is 207 g/mol. The number of nitrogens with one attached hydrogen (secondary N) is 1. The molecule has 2 heterocycles. The zero-order valence-corrected chi connectivity index (χ0v) is 8.68. The average Bonchev–Trinajstić information content (AvgIpc) is 2.47. The van der Waals surface area contributed by atoms with E-state index >= 15 is 0 Å². The lowest BCUT2D eigenvalue weighted by molar-refractivity contribution is 0.995. The normalized spacial score (nSPS) is 10.4. The van der Waals surface area contributed by atoms with Gasteiger partial charge >= 0.3 is 0 Å². The van der Waals surface area contributed by atoms with Crippen LogP contribution in [0.15, 0.2) is 16.9 Å². The Morgan fingerprint density at radius 2 is 2.14 bits per heavy atom. The molecule has 0 spiro atoms. The van der Waals surface area contributed by atoms with Gasteiger partial charge in [-0.3, -0.25) is 4.79 Å². The van der Waals surface area contributed by atoms with Gasteiger partial charge in [0.2, 0.25) is 0 Å². The van der Waals surface area contributed by atoms with E-state index < -0.39 is 0 Å². The molecular weight excluding hydrogens is 198 g/mol. The zero-order chi connectivity index (χ0) is 10.1. The van der Waals surface area contributed by atoms with Gasteiger partial charge in [0, 0.05) is 6.07 Å². The van der Waals surface area contributed by atoms with Gasteiger partial charge in [0.25, 0.3) is 5.56 Å². The standard InChI is InChI=1S/C9H9N3OS/c1-5-9(14-6(2)10-5)7-3-4-8(13)12-11-7/h3-4H,1-2H3,(H,12,13). The van der Waals surface area contributed by atoms with Crippen LogP contribution in [-0.2, 0) is 0 Å². The lowest BCUT2D eigenvalue weighted by atomic mass is 10.3. The van der Waals surface area contributed by atoms with Crippen molar-refractivity contribution in [2.24, 2.45) is 0 Å². The highest BCUT2D eigenvalue weighted by Gasteiger charge is 2.08. The number of aromatic amines is 1. The second-order valence-corrected chi connectivity index (χ2v) is 4.16. The van der Waals surface area contributed by atoms with Crippen molar-refractivity contribution in [1.82, 2.24) is 15.2 Å². The number of thiazole rings is 1. The van der Waals surface area contributed by atoms with Crippen LogP contribution >= 0.6 is 11.3 Å². The van der Waals surface area contributed by atoms with E-state index in [0.29, 0.717) is 0 Å². The first kappa shape index (κ1) is 9.08. The molecule has 72 valence electrons. The molecule has 0 aromatic carbocycles. The fourth-order valence-corrected chi connectivity index (χ4v) is 2.13. The Morgan fingerprint density at radius 3 is 2.64 bits per heavy atom. The maximum Gasteiger partial charge on any atom is 0.264 e. The zero-order valence-electron chi connectivity index (χ0n) is 7.87. The van der Waals surface area contributed by atoms with Crippen LogP contribution in [0.25, 0.3) is 10.6 Å². The maximum atomic E-state index is 10.8. The average molecular weight is 207 g/mol. The van der Waals surface area contributed by atoms with Crippen molar-refractivity contribution in [2.45, 2.75) is 13.8 Å². The molecule has 0 unspecified atom stereocenters. The maximum absolute atomic E-state index is 10.8. The lowest BCUT2D eigenvalue weighted by Crippen LogP contribution is -2.05. The van der Waals surface area contributed by atoms with E-state index in [1.165, 1.54) is 6.07 Å². The van der Waals surface area contributed by atoms with E-state index in [2.05, 4.69) is 15.2 Å². The first-order valence-corrected chi connectivity index (χ1v) is 4.98. The molecule has 0 atom stereocenters. The van der Waals surface area contributed by atoms with Gasteiger partial charge in [-0.1, -0.05) is 0 Å². The highest BCUT2D eigenvalue weighted by atomic mass is 32.1. The van der Waals surface area contributed by atoms with Crippen LogP contribution in [0.2, 0.25) is 0 Å². The van der Waals surface area contributed by atoms with E-state index in [1.807, 2.05) is 13.8 Å². The minimum absolute atomic E-state index is 0.187. The predicted octanol–water partition coefficient (Wildman–Crippen LogP) is 1.51. The van der Waals surface area contributed by atoms with Crippen LogP contribution in [-0.4, -0.2) is 15.2 Å². The summed E-state index contributed by atoms with van der Waals surface area (Å²) in [5.41, 5.74) is 1.53. The molecule has 0 bridgehead atoms. The van der Waals surface area contributed by atoms with Crippen molar-refractivity contribution in [2.75, 3.05) is 0 Å². The first-order chi connectivity index (χ1) is 6.66. The Morgan fingerprint density at radius 1 is 1.36 bits per heavy atom. The molecule has 0 saturated heterocycles. The summed E-state index contributed by atoms with van der Waals surface area (Å²) in [5, 5.41) is 7.37. The molecule has 0 fully saturated rings. The van der Waals surface area contributed by atoms with Crippen LogP contribution in [0.5, 0.6) is 0 Å². The van der Waals surface area contributed by atoms with Gasteiger partial charge in [-0.2, -0.15) is 5.10 Å². The molecule has 4 nitrogen and oxygen atoms in total. The molecule has 0 aliphatic rings. The summed E-state index contributed by atoms with van der Waals surface area (Å²) >= 11 is 1.58. The summed E-state index contributed by atoms with van der Waals surface area (Å²) < 4.78 is 0. The van der Waals surface area contributed by atoms with Gasteiger partial charge in [-0.25, -0.2) is 10.1 Å². The second-order valence-electron chi connectivity index (χ2n) is 2.95. The molecular formula is C9H9N3OS. The van der Waals surface area contributed by atoms with E-state index in [9.17, 15) is 4.79 Å². The third-order valence-corrected chi connectivity index (χ3v) is 2.91. The van der Waals surface area contributed by atoms with Crippen molar-refractivity contribution in [3.63, 3.8) is 0 Å². The molecule has 0 radical (unpaired) electrons. The number of aromatic nitrogens is 3. The highest BCUT2D eigenvalue weighted by Crippen LogP contribution is 2.26. The van der Waals surface area contributed by atoms with Gasteiger partial charge in [-0.15, -0.1) is 11.3 Å². The number of hydrogen-bond donors (Lipinski definition) is 1. The molecule has 1 N–H and O–H groups in total. The molecule has 14 heavy (non-hydrogen) atoms. The lowest BCUT2D eigenvalue weighted by Gasteiger charge is -1.94. The summed E-state index contributed by atoms with van der Waals surface area (Å²) in [6.07, 6.45) is 0. The summed E-state index contributed by atoms with van der Waals surface area (Å²) in [4.78, 5) is 16.1. The third-order valence-electron chi connectivity index (χ3n) is 1.82.